The van der Waals surface area contributed by atoms with E-state index in [1.165, 1.54) is 24.9 Å². The molecule has 0 aliphatic carbocycles. The number of piperidine rings is 1. The van der Waals surface area contributed by atoms with Gasteiger partial charge in [0.1, 0.15) is 11.9 Å². The van der Waals surface area contributed by atoms with E-state index < -0.39 is 0 Å². The van der Waals surface area contributed by atoms with Gasteiger partial charge in [-0.15, -0.1) is 0 Å². The minimum Gasteiger partial charge on any atom is -0.372 e. The highest BCUT2D eigenvalue weighted by Crippen LogP contribution is 2.24. The summed E-state index contributed by atoms with van der Waals surface area (Å²) < 4.78 is 0. The van der Waals surface area contributed by atoms with Crippen molar-refractivity contribution in [2.75, 3.05) is 28.6 Å². The van der Waals surface area contributed by atoms with Crippen molar-refractivity contribution in [2.45, 2.75) is 19.3 Å². The largest absolute Gasteiger partial charge is 0.372 e. The Kier molecular flexibility index (Phi) is 5.34. The smallest absolute Gasteiger partial charge is 0.229 e. The molecular formula is C22H22N6. The maximum Gasteiger partial charge on any atom is 0.229 e. The van der Waals surface area contributed by atoms with E-state index in [1.807, 2.05) is 18.2 Å². The number of hydrogen-bond donors (Lipinski definition) is 2. The lowest BCUT2D eigenvalue weighted by atomic mass is 10.1. The molecule has 6 heteroatoms. The maximum atomic E-state index is 9.22. The van der Waals surface area contributed by atoms with E-state index in [4.69, 9.17) is 0 Å². The molecule has 1 aromatic heterocycles. The van der Waals surface area contributed by atoms with E-state index in [2.05, 4.69) is 55.8 Å². The van der Waals surface area contributed by atoms with Gasteiger partial charge in [-0.3, -0.25) is 0 Å². The molecule has 1 aliphatic rings. The van der Waals surface area contributed by atoms with Crippen molar-refractivity contribution in [2.24, 2.45) is 0 Å². The number of nitrogens with zero attached hydrogens (tertiary/aromatic N) is 4. The fourth-order valence-electron chi connectivity index (χ4n) is 3.35. The molecule has 1 fully saturated rings. The van der Waals surface area contributed by atoms with E-state index in [0.717, 1.165) is 24.5 Å². The summed E-state index contributed by atoms with van der Waals surface area (Å²) in [5.74, 6) is 1.13. The van der Waals surface area contributed by atoms with Crippen molar-refractivity contribution in [1.29, 1.82) is 5.26 Å². The summed E-state index contributed by atoms with van der Waals surface area (Å²) >= 11 is 0. The summed E-state index contributed by atoms with van der Waals surface area (Å²) in [5, 5.41) is 15.6. The zero-order valence-corrected chi connectivity index (χ0v) is 15.6. The van der Waals surface area contributed by atoms with Crippen LogP contribution in [0.15, 0.2) is 60.8 Å². The van der Waals surface area contributed by atoms with Crippen molar-refractivity contribution < 1.29 is 0 Å². The van der Waals surface area contributed by atoms with Gasteiger partial charge in [-0.1, -0.05) is 12.1 Å². The van der Waals surface area contributed by atoms with Crippen molar-refractivity contribution in [3.63, 3.8) is 0 Å². The van der Waals surface area contributed by atoms with Gasteiger partial charge in [0.15, 0.2) is 0 Å². The standard InChI is InChI=1S/C22H22N6/c23-16-17-6-2-3-7-20(17)26-21-12-13-24-22(27-21)25-18-8-10-19(11-9-18)28-14-4-1-5-15-28/h2-3,6-13H,1,4-5,14-15H2,(H2,24,25,26,27). The van der Waals surface area contributed by atoms with Gasteiger partial charge in [-0.25, -0.2) is 4.98 Å². The Hall–Kier alpha value is -3.59. The molecule has 4 rings (SSSR count). The predicted octanol–water partition coefficient (Wildman–Crippen LogP) is 4.83. The third-order valence-corrected chi connectivity index (χ3v) is 4.81. The molecule has 0 unspecified atom stereocenters. The molecule has 3 aromatic rings. The fourth-order valence-corrected chi connectivity index (χ4v) is 3.35. The number of nitrogens with one attached hydrogen (secondary N) is 2. The van der Waals surface area contributed by atoms with Crippen molar-refractivity contribution >= 4 is 28.8 Å². The van der Waals surface area contributed by atoms with Crippen LogP contribution in [0, 0.1) is 11.3 Å². The fraction of sp³-hybridized carbons (Fsp3) is 0.227. The first-order valence-corrected chi connectivity index (χ1v) is 9.53. The first-order chi connectivity index (χ1) is 13.8. The number of benzene rings is 2. The predicted molar refractivity (Wildman–Crippen MR) is 112 cm³/mol. The number of anilines is 5. The van der Waals surface area contributed by atoms with Crippen molar-refractivity contribution in [1.82, 2.24) is 9.97 Å². The van der Waals surface area contributed by atoms with Gasteiger partial charge in [0.05, 0.1) is 11.3 Å². The molecule has 140 valence electrons. The van der Waals surface area contributed by atoms with Crippen LogP contribution >= 0.6 is 0 Å². The van der Waals surface area contributed by atoms with Crippen LogP contribution in [-0.4, -0.2) is 23.1 Å². The van der Waals surface area contributed by atoms with Crippen LogP contribution in [0.25, 0.3) is 0 Å². The van der Waals surface area contributed by atoms with Crippen molar-refractivity contribution in [3.05, 3.63) is 66.4 Å². The molecule has 0 atom stereocenters. The number of aromatic nitrogens is 2. The molecule has 28 heavy (non-hydrogen) atoms. The Balaban J connectivity index is 1.45. The van der Waals surface area contributed by atoms with E-state index in [9.17, 15) is 5.26 Å². The second-order valence-electron chi connectivity index (χ2n) is 6.77. The molecule has 0 amide bonds. The Bertz CT molecular complexity index is 971. The molecule has 6 nitrogen and oxygen atoms in total. The van der Waals surface area contributed by atoms with Crippen LogP contribution in [0.3, 0.4) is 0 Å². The van der Waals surface area contributed by atoms with Crippen LogP contribution in [0.1, 0.15) is 24.8 Å². The molecule has 0 spiro atoms. The monoisotopic (exact) mass is 370 g/mol. The first kappa shape index (κ1) is 17.8. The molecule has 0 radical (unpaired) electrons. The Morgan fingerprint density at radius 1 is 0.893 bits per heavy atom. The summed E-state index contributed by atoms with van der Waals surface area (Å²) in [5.41, 5.74) is 3.49. The van der Waals surface area contributed by atoms with Gasteiger partial charge in [-0.2, -0.15) is 10.2 Å². The van der Waals surface area contributed by atoms with Gasteiger partial charge >= 0.3 is 0 Å². The molecule has 2 aromatic carbocycles. The number of nitriles is 1. The summed E-state index contributed by atoms with van der Waals surface area (Å²) in [7, 11) is 0. The lowest BCUT2D eigenvalue weighted by Gasteiger charge is -2.28. The lowest BCUT2D eigenvalue weighted by molar-refractivity contribution is 0.578. The molecule has 0 bridgehead atoms. The van der Waals surface area contributed by atoms with Crippen LogP contribution < -0.4 is 15.5 Å². The average molecular weight is 370 g/mol. The molecule has 0 saturated carbocycles. The Labute approximate surface area is 164 Å². The molecular weight excluding hydrogens is 348 g/mol. The second kappa shape index (κ2) is 8.40. The molecule has 2 heterocycles. The normalized spacial score (nSPS) is 13.6. The van der Waals surface area contributed by atoms with Gasteiger partial charge in [0.25, 0.3) is 0 Å². The van der Waals surface area contributed by atoms with Crippen molar-refractivity contribution in [3.8, 4) is 6.07 Å². The molecule has 1 saturated heterocycles. The first-order valence-electron chi connectivity index (χ1n) is 9.53. The van der Waals surface area contributed by atoms with Gasteiger partial charge in [0, 0.05) is 30.7 Å². The van der Waals surface area contributed by atoms with Gasteiger partial charge in [-0.05, 0) is 61.7 Å². The molecule has 1 aliphatic heterocycles. The Morgan fingerprint density at radius 3 is 2.46 bits per heavy atom. The maximum absolute atomic E-state index is 9.22. The zero-order chi connectivity index (χ0) is 19.2. The second-order valence-corrected chi connectivity index (χ2v) is 6.77. The minimum absolute atomic E-state index is 0.505. The van der Waals surface area contributed by atoms with E-state index in [0.29, 0.717) is 17.3 Å². The van der Waals surface area contributed by atoms with Crippen LogP contribution in [0.4, 0.5) is 28.8 Å². The topological polar surface area (TPSA) is 76.9 Å². The lowest BCUT2D eigenvalue weighted by Crippen LogP contribution is -2.29. The average Bonchev–Trinajstić information content (AvgIpc) is 2.76. The van der Waals surface area contributed by atoms with Crippen LogP contribution in [0.2, 0.25) is 0 Å². The number of para-hydroxylation sites is 1. The number of hydrogen-bond acceptors (Lipinski definition) is 6. The summed E-state index contributed by atoms with van der Waals surface area (Å²) in [4.78, 5) is 11.2. The molecule has 2 N–H and O–H groups in total. The van der Waals surface area contributed by atoms with Gasteiger partial charge < -0.3 is 15.5 Å². The highest BCUT2D eigenvalue weighted by Gasteiger charge is 2.10. The quantitative estimate of drug-likeness (QED) is 0.670. The third kappa shape index (κ3) is 4.21. The number of rotatable bonds is 5. The van der Waals surface area contributed by atoms with Crippen LogP contribution in [-0.2, 0) is 0 Å². The summed E-state index contributed by atoms with van der Waals surface area (Å²) in [6.45, 7) is 2.27. The van der Waals surface area contributed by atoms with E-state index in [1.54, 1.807) is 18.3 Å². The highest BCUT2D eigenvalue weighted by atomic mass is 15.1. The Morgan fingerprint density at radius 2 is 1.68 bits per heavy atom. The summed E-state index contributed by atoms with van der Waals surface area (Å²) in [6.07, 6.45) is 5.55. The highest BCUT2D eigenvalue weighted by molar-refractivity contribution is 5.65. The van der Waals surface area contributed by atoms with Gasteiger partial charge in [0.2, 0.25) is 5.95 Å². The SMILES string of the molecule is N#Cc1ccccc1Nc1ccnc(Nc2ccc(N3CCCCC3)cc2)n1. The van der Waals surface area contributed by atoms with E-state index in [-0.39, 0.29) is 0 Å². The van der Waals surface area contributed by atoms with Crippen LogP contribution in [0.5, 0.6) is 0 Å². The minimum atomic E-state index is 0.505. The van der Waals surface area contributed by atoms with E-state index >= 15 is 0 Å². The summed E-state index contributed by atoms with van der Waals surface area (Å²) in [6, 6.07) is 19.7. The third-order valence-electron chi connectivity index (χ3n) is 4.81. The zero-order valence-electron chi connectivity index (χ0n) is 15.6.